The Morgan fingerprint density at radius 1 is 1.10 bits per heavy atom. The maximum Gasteiger partial charge on any atom is 0.119 e. The first kappa shape index (κ1) is 16.8. The first-order chi connectivity index (χ1) is 9.76. The highest BCUT2D eigenvalue weighted by atomic mass is 16.5. The molecule has 0 fully saturated rings. The number of ether oxygens (including phenoxy) is 2. The van der Waals surface area contributed by atoms with Crippen LogP contribution in [-0.4, -0.2) is 49.7 Å². The van der Waals surface area contributed by atoms with Crippen molar-refractivity contribution >= 4 is 0 Å². The van der Waals surface area contributed by atoms with Gasteiger partial charge in [0.15, 0.2) is 0 Å². The zero-order chi connectivity index (χ0) is 14.6. The molecular weight excluding hydrogens is 258 g/mol. The van der Waals surface area contributed by atoms with Gasteiger partial charge in [-0.05, 0) is 50.1 Å². The Hall–Kier alpha value is -1.30. The molecule has 20 heavy (non-hydrogen) atoms. The highest BCUT2D eigenvalue weighted by Gasteiger charge is 2.04. The van der Waals surface area contributed by atoms with Gasteiger partial charge in [0.1, 0.15) is 24.2 Å². The second kappa shape index (κ2) is 10.5. The van der Waals surface area contributed by atoms with E-state index in [1.54, 1.807) is 7.11 Å². The smallest absolute Gasteiger partial charge is 0.119 e. The second-order valence-corrected chi connectivity index (χ2v) is 4.63. The van der Waals surface area contributed by atoms with Crippen molar-refractivity contribution in [1.82, 2.24) is 5.32 Å². The molecule has 1 rings (SSSR count). The quantitative estimate of drug-likeness (QED) is 0.532. The van der Waals surface area contributed by atoms with Crippen LogP contribution in [0.2, 0.25) is 0 Å². The summed E-state index contributed by atoms with van der Waals surface area (Å²) in [5.74, 6) is 1.50. The molecule has 114 valence electrons. The van der Waals surface area contributed by atoms with Crippen molar-refractivity contribution in [3.8, 4) is 11.5 Å². The topological polar surface area (TPSA) is 71.0 Å². The molecule has 0 saturated carbocycles. The number of aliphatic hydroxyl groups is 2. The van der Waals surface area contributed by atoms with Crippen LogP contribution < -0.4 is 14.8 Å². The fraction of sp³-hybridized carbons (Fsp3) is 0.600. The van der Waals surface area contributed by atoms with Gasteiger partial charge in [0.25, 0.3) is 0 Å². The van der Waals surface area contributed by atoms with E-state index in [1.165, 1.54) is 0 Å². The van der Waals surface area contributed by atoms with Gasteiger partial charge in [-0.3, -0.25) is 0 Å². The minimum absolute atomic E-state index is 0.248. The van der Waals surface area contributed by atoms with E-state index >= 15 is 0 Å². The Bertz CT molecular complexity index is 342. The summed E-state index contributed by atoms with van der Waals surface area (Å²) in [6, 6.07) is 7.27. The van der Waals surface area contributed by atoms with Crippen LogP contribution in [0.25, 0.3) is 0 Å². The van der Waals surface area contributed by atoms with E-state index in [0.29, 0.717) is 12.3 Å². The maximum atomic E-state index is 9.76. The lowest BCUT2D eigenvalue weighted by atomic mass is 10.2. The van der Waals surface area contributed by atoms with Crippen molar-refractivity contribution < 1.29 is 19.7 Å². The van der Waals surface area contributed by atoms with Crippen molar-refractivity contribution in [2.75, 3.05) is 33.4 Å². The van der Waals surface area contributed by atoms with Gasteiger partial charge in [0, 0.05) is 13.2 Å². The lowest BCUT2D eigenvalue weighted by molar-refractivity contribution is 0.106. The predicted molar refractivity (Wildman–Crippen MR) is 78.3 cm³/mol. The second-order valence-electron chi connectivity index (χ2n) is 4.63. The number of nitrogens with one attached hydrogen (secondary N) is 1. The summed E-state index contributed by atoms with van der Waals surface area (Å²) < 4.78 is 10.5. The summed E-state index contributed by atoms with van der Waals surface area (Å²) in [6.45, 7) is 1.86. The fourth-order valence-corrected chi connectivity index (χ4v) is 1.73. The average molecular weight is 283 g/mol. The summed E-state index contributed by atoms with van der Waals surface area (Å²) in [7, 11) is 1.62. The summed E-state index contributed by atoms with van der Waals surface area (Å²) in [4.78, 5) is 0. The SMILES string of the molecule is COc1ccc(OCC(O)CNCCCCCO)cc1. The molecule has 0 saturated heterocycles. The number of rotatable bonds is 11. The summed E-state index contributed by atoms with van der Waals surface area (Å²) in [5, 5.41) is 21.6. The molecule has 0 aliphatic carbocycles. The first-order valence-corrected chi connectivity index (χ1v) is 7.02. The molecule has 1 unspecified atom stereocenters. The van der Waals surface area contributed by atoms with E-state index in [0.717, 1.165) is 31.6 Å². The van der Waals surface area contributed by atoms with Crippen molar-refractivity contribution in [1.29, 1.82) is 0 Å². The van der Waals surface area contributed by atoms with Gasteiger partial charge >= 0.3 is 0 Å². The minimum Gasteiger partial charge on any atom is -0.497 e. The molecule has 1 atom stereocenters. The van der Waals surface area contributed by atoms with Crippen molar-refractivity contribution in [2.45, 2.75) is 25.4 Å². The minimum atomic E-state index is -0.532. The maximum absolute atomic E-state index is 9.76. The molecular formula is C15H25NO4. The first-order valence-electron chi connectivity index (χ1n) is 7.02. The van der Waals surface area contributed by atoms with Crippen LogP contribution >= 0.6 is 0 Å². The summed E-state index contributed by atoms with van der Waals surface area (Å²) in [6.07, 6.45) is 2.31. The van der Waals surface area contributed by atoms with Crippen LogP contribution in [-0.2, 0) is 0 Å². The third-order valence-corrected chi connectivity index (χ3v) is 2.89. The van der Waals surface area contributed by atoms with Crippen LogP contribution in [0.3, 0.4) is 0 Å². The van der Waals surface area contributed by atoms with Crippen LogP contribution in [0.15, 0.2) is 24.3 Å². The van der Waals surface area contributed by atoms with Gasteiger partial charge in [0.05, 0.1) is 7.11 Å². The summed E-state index contributed by atoms with van der Waals surface area (Å²) >= 11 is 0. The van der Waals surface area contributed by atoms with Crippen molar-refractivity contribution in [3.63, 3.8) is 0 Å². The zero-order valence-electron chi connectivity index (χ0n) is 12.0. The monoisotopic (exact) mass is 283 g/mol. The molecule has 1 aromatic carbocycles. The van der Waals surface area contributed by atoms with E-state index in [4.69, 9.17) is 14.6 Å². The number of hydrogen-bond acceptors (Lipinski definition) is 5. The Balaban J connectivity index is 2.08. The number of unbranched alkanes of at least 4 members (excludes halogenated alkanes) is 2. The summed E-state index contributed by atoms with van der Waals surface area (Å²) in [5.41, 5.74) is 0. The molecule has 5 nitrogen and oxygen atoms in total. The van der Waals surface area contributed by atoms with Crippen LogP contribution in [0.1, 0.15) is 19.3 Å². The van der Waals surface area contributed by atoms with Crippen molar-refractivity contribution in [2.24, 2.45) is 0 Å². The fourth-order valence-electron chi connectivity index (χ4n) is 1.73. The van der Waals surface area contributed by atoms with Gasteiger partial charge in [-0.1, -0.05) is 0 Å². The Morgan fingerprint density at radius 2 is 1.80 bits per heavy atom. The number of methoxy groups -OCH3 is 1. The third-order valence-electron chi connectivity index (χ3n) is 2.89. The number of benzene rings is 1. The molecule has 1 aromatic rings. The van der Waals surface area contributed by atoms with E-state index < -0.39 is 6.10 Å². The molecule has 0 bridgehead atoms. The molecule has 0 amide bonds. The molecule has 0 aliphatic heterocycles. The lowest BCUT2D eigenvalue weighted by Gasteiger charge is -2.13. The van der Waals surface area contributed by atoms with Gasteiger partial charge in [-0.25, -0.2) is 0 Å². The predicted octanol–water partition coefficient (Wildman–Crippen LogP) is 1.19. The van der Waals surface area contributed by atoms with Gasteiger partial charge in [-0.2, -0.15) is 0 Å². The molecule has 0 heterocycles. The van der Waals surface area contributed by atoms with Crippen LogP contribution in [0.4, 0.5) is 0 Å². The van der Waals surface area contributed by atoms with Gasteiger partial charge < -0.3 is 25.0 Å². The van der Waals surface area contributed by atoms with E-state index in [2.05, 4.69) is 5.32 Å². The molecule has 5 heteroatoms. The largest absolute Gasteiger partial charge is 0.497 e. The number of hydrogen-bond donors (Lipinski definition) is 3. The molecule has 3 N–H and O–H groups in total. The Labute approximate surface area is 120 Å². The third kappa shape index (κ3) is 7.33. The zero-order valence-corrected chi connectivity index (χ0v) is 12.0. The molecule has 0 spiro atoms. The van der Waals surface area contributed by atoms with Gasteiger partial charge in [-0.15, -0.1) is 0 Å². The molecule has 0 aliphatic rings. The van der Waals surface area contributed by atoms with Crippen molar-refractivity contribution in [3.05, 3.63) is 24.3 Å². The van der Waals surface area contributed by atoms with Crippen LogP contribution in [0.5, 0.6) is 11.5 Å². The standard InChI is InChI=1S/C15H25NO4/c1-19-14-5-7-15(8-6-14)20-12-13(18)11-16-9-3-2-4-10-17/h5-8,13,16-18H,2-4,9-12H2,1H3. The molecule has 0 aromatic heterocycles. The number of aliphatic hydroxyl groups excluding tert-OH is 2. The Kier molecular flexibility index (Phi) is 8.78. The van der Waals surface area contributed by atoms with Gasteiger partial charge in [0.2, 0.25) is 0 Å². The van der Waals surface area contributed by atoms with E-state index in [-0.39, 0.29) is 13.2 Å². The van der Waals surface area contributed by atoms with E-state index in [9.17, 15) is 5.11 Å². The average Bonchev–Trinajstić information content (AvgIpc) is 2.49. The van der Waals surface area contributed by atoms with Crippen LogP contribution in [0, 0.1) is 0 Å². The van der Waals surface area contributed by atoms with E-state index in [1.807, 2.05) is 24.3 Å². The normalized spacial score (nSPS) is 12.2. The highest BCUT2D eigenvalue weighted by molar-refractivity contribution is 5.31. The highest BCUT2D eigenvalue weighted by Crippen LogP contribution is 2.16. The Morgan fingerprint density at radius 3 is 2.45 bits per heavy atom. The lowest BCUT2D eigenvalue weighted by Crippen LogP contribution is -2.32. The molecule has 0 radical (unpaired) electrons.